The first-order valence-corrected chi connectivity index (χ1v) is 7.24. The average Bonchev–Trinajstić information content (AvgIpc) is 2.54. The van der Waals surface area contributed by atoms with Crippen molar-refractivity contribution >= 4 is 0 Å². The molecule has 1 heterocycles. The Bertz CT molecular complexity index is 240. The van der Waals surface area contributed by atoms with Crippen LogP contribution in [-0.4, -0.2) is 31.2 Å². The lowest BCUT2D eigenvalue weighted by Crippen LogP contribution is -2.30. The molecule has 0 bridgehead atoms. The summed E-state index contributed by atoms with van der Waals surface area (Å²) in [5, 5.41) is 0. The van der Waals surface area contributed by atoms with Gasteiger partial charge in [-0.05, 0) is 32.1 Å². The first-order valence-electron chi connectivity index (χ1n) is 7.24. The van der Waals surface area contributed by atoms with E-state index in [2.05, 4.69) is 34.6 Å². The predicted molar refractivity (Wildman–Crippen MR) is 73.6 cm³/mol. The van der Waals surface area contributed by atoms with Crippen LogP contribution in [0.5, 0.6) is 0 Å². The molecule has 1 saturated heterocycles. The Labute approximate surface area is 112 Å². The smallest absolute Gasteiger partial charge is 0.166 e. The molecule has 0 spiro atoms. The third kappa shape index (κ3) is 5.68. The van der Waals surface area contributed by atoms with Gasteiger partial charge in [0.05, 0.1) is 19.3 Å². The van der Waals surface area contributed by atoms with Gasteiger partial charge in [0.1, 0.15) is 6.10 Å². The molecule has 0 aromatic rings. The largest absolute Gasteiger partial charge is 0.376 e. The van der Waals surface area contributed by atoms with Crippen molar-refractivity contribution in [3.05, 3.63) is 0 Å². The normalized spacial score (nSPS) is 30.3. The Hall–Kier alpha value is -0.120. The lowest BCUT2D eigenvalue weighted by Gasteiger charge is -2.25. The molecule has 1 aliphatic rings. The van der Waals surface area contributed by atoms with E-state index in [0.717, 1.165) is 12.8 Å². The molecular weight excluding hydrogens is 228 g/mol. The summed E-state index contributed by atoms with van der Waals surface area (Å²) in [5.41, 5.74) is 0. The SMILES string of the molecule is CC(C)CC(C)OCC1COC(C)(CC(C)C)O1. The van der Waals surface area contributed by atoms with Gasteiger partial charge in [-0.3, -0.25) is 0 Å². The van der Waals surface area contributed by atoms with Crippen LogP contribution in [0.2, 0.25) is 0 Å². The van der Waals surface area contributed by atoms with Crippen LogP contribution in [0.15, 0.2) is 0 Å². The summed E-state index contributed by atoms with van der Waals surface area (Å²) in [6.07, 6.45) is 2.41. The zero-order valence-electron chi connectivity index (χ0n) is 12.9. The summed E-state index contributed by atoms with van der Waals surface area (Å²) >= 11 is 0. The second-order valence-corrected chi connectivity index (χ2v) is 6.56. The summed E-state index contributed by atoms with van der Waals surface area (Å²) in [6.45, 7) is 14.3. The molecule has 1 aliphatic heterocycles. The molecule has 18 heavy (non-hydrogen) atoms. The Balaban J connectivity index is 2.26. The quantitative estimate of drug-likeness (QED) is 0.698. The summed E-state index contributed by atoms with van der Waals surface area (Å²) in [7, 11) is 0. The van der Waals surface area contributed by atoms with Gasteiger partial charge in [-0.1, -0.05) is 27.7 Å². The second-order valence-electron chi connectivity index (χ2n) is 6.56. The Morgan fingerprint density at radius 1 is 1.17 bits per heavy atom. The molecule has 1 fully saturated rings. The topological polar surface area (TPSA) is 27.7 Å². The lowest BCUT2D eigenvalue weighted by atomic mass is 10.0. The number of ether oxygens (including phenoxy) is 3. The van der Waals surface area contributed by atoms with Gasteiger partial charge in [-0.2, -0.15) is 0 Å². The Morgan fingerprint density at radius 3 is 2.39 bits per heavy atom. The van der Waals surface area contributed by atoms with E-state index in [1.165, 1.54) is 0 Å². The van der Waals surface area contributed by atoms with Crippen LogP contribution in [-0.2, 0) is 14.2 Å². The molecule has 0 aromatic carbocycles. The van der Waals surface area contributed by atoms with Crippen LogP contribution in [0.25, 0.3) is 0 Å². The molecule has 0 saturated carbocycles. The van der Waals surface area contributed by atoms with E-state index < -0.39 is 5.79 Å². The van der Waals surface area contributed by atoms with E-state index in [-0.39, 0.29) is 6.10 Å². The summed E-state index contributed by atoms with van der Waals surface area (Å²) in [5.74, 6) is 0.838. The molecule has 3 nitrogen and oxygen atoms in total. The van der Waals surface area contributed by atoms with Gasteiger partial charge >= 0.3 is 0 Å². The Morgan fingerprint density at radius 2 is 1.83 bits per heavy atom. The van der Waals surface area contributed by atoms with Crippen LogP contribution < -0.4 is 0 Å². The maximum Gasteiger partial charge on any atom is 0.166 e. The lowest BCUT2D eigenvalue weighted by molar-refractivity contribution is -0.171. The van der Waals surface area contributed by atoms with E-state index in [9.17, 15) is 0 Å². The van der Waals surface area contributed by atoms with Gasteiger partial charge in [-0.25, -0.2) is 0 Å². The fourth-order valence-corrected chi connectivity index (χ4v) is 2.62. The molecule has 0 N–H and O–H groups in total. The van der Waals surface area contributed by atoms with E-state index in [1.807, 2.05) is 6.92 Å². The summed E-state index contributed by atoms with van der Waals surface area (Å²) < 4.78 is 17.6. The maximum atomic E-state index is 5.97. The van der Waals surface area contributed by atoms with Crippen molar-refractivity contribution in [3.8, 4) is 0 Å². The fraction of sp³-hybridized carbons (Fsp3) is 1.00. The van der Waals surface area contributed by atoms with Crippen LogP contribution in [0, 0.1) is 11.8 Å². The molecule has 3 atom stereocenters. The van der Waals surface area contributed by atoms with Crippen LogP contribution >= 0.6 is 0 Å². The van der Waals surface area contributed by atoms with E-state index >= 15 is 0 Å². The molecule has 0 aliphatic carbocycles. The molecule has 0 radical (unpaired) electrons. The zero-order chi connectivity index (χ0) is 13.8. The highest BCUT2D eigenvalue weighted by Crippen LogP contribution is 2.30. The van der Waals surface area contributed by atoms with Crippen molar-refractivity contribution in [1.29, 1.82) is 0 Å². The highest BCUT2D eigenvalue weighted by molar-refractivity contribution is 4.76. The van der Waals surface area contributed by atoms with Gasteiger partial charge in [-0.15, -0.1) is 0 Å². The molecular formula is C15H30O3. The molecule has 0 amide bonds. The number of hydrogen-bond acceptors (Lipinski definition) is 3. The third-order valence-electron chi connectivity index (χ3n) is 3.14. The summed E-state index contributed by atoms with van der Waals surface area (Å²) in [6, 6.07) is 0. The minimum atomic E-state index is -0.413. The van der Waals surface area contributed by atoms with Gasteiger partial charge in [0.15, 0.2) is 5.79 Å². The van der Waals surface area contributed by atoms with Gasteiger partial charge < -0.3 is 14.2 Å². The maximum absolute atomic E-state index is 5.97. The molecule has 1 rings (SSSR count). The van der Waals surface area contributed by atoms with E-state index in [4.69, 9.17) is 14.2 Å². The van der Waals surface area contributed by atoms with Crippen molar-refractivity contribution < 1.29 is 14.2 Å². The molecule has 3 unspecified atom stereocenters. The minimum absolute atomic E-state index is 0.0864. The number of rotatable bonds is 7. The Kier molecular flexibility index (Phi) is 6.09. The second kappa shape index (κ2) is 6.88. The van der Waals surface area contributed by atoms with E-state index in [0.29, 0.717) is 31.2 Å². The zero-order valence-corrected chi connectivity index (χ0v) is 12.9. The van der Waals surface area contributed by atoms with Gasteiger partial charge in [0, 0.05) is 6.42 Å². The fourth-order valence-electron chi connectivity index (χ4n) is 2.62. The minimum Gasteiger partial charge on any atom is -0.376 e. The van der Waals surface area contributed by atoms with Crippen molar-refractivity contribution in [1.82, 2.24) is 0 Å². The molecule has 0 aromatic heterocycles. The predicted octanol–water partition coefficient (Wildman–Crippen LogP) is 3.62. The van der Waals surface area contributed by atoms with E-state index in [1.54, 1.807) is 0 Å². The van der Waals surface area contributed by atoms with Crippen molar-refractivity contribution in [2.45, 2.75) is 72.4 Å². The van der Waals surface area contributed by atoms with Crippen molar-refractivity contribution in [2.75, 3.05) is 13.2 Å². The highest BCUT2D eigenvalue weighted by Gasteiger charge is 2.37. The highest BCUT2D eigenvalue weighted by atomic mass is 16.7. The summed E-state index contributed by atoms with van der Waals surface area (Å²) in [4.78, 5) is 0. The standard InChI is InChI=1S/C15H30O3/c1-11(2)7-13(5)16-9-14-10-17-15(6,18-14)8-12(3)4/h11-14H,7-10H2,1-6H3. The van der Waals surface area contributed by atoms with Gasteiger partial charge in [0.2, 0.25) is 0 Å². The average molecular weight is 258 g/mol. The first kappa shape index (κ1) is 15.9. The first-order chi connectivity index (χ1) is 8.31. The van der Waals surface area contributed by atoms with Gasteiger partial charge in [0.25, 0.3) is 0 Å². The molecule has 108 valence electrons. The van der Waals surface area contributed by atoms with Crippen LogP contribution in [0.1, 0.15) is 54.4 Å². The van der Waals surface area contributed by atoms with Crippen LogP contribution in [0.3, 0.4) is 0 Å². The van der Waals surface area contributed by atoms with Crippen LogP contribution in [0.4, 0.5) is 0 Å². The van der Waals surface area contributed by atoms with Crippen molar-refractivity contribution in [2.24, 2.45) is 11.8 Å². The third-order valence-corrected chi connectivity index (χ3v) is 3.14. The number of hydrogen-bond donors (Lipinski definition) is 0. The monoisotopic (exact) mass is 258 g/mol. The van der Waals surface area contributed by atoms with Crippen molar-refractivity contribution in [3.63, 3.8) is 0 Å². The molecule has 3 heteroatoms.